The molecule has 0 radical (unpaired) electrons. The SMILES string of the molecule is CC.COc1cc2nccc(Oc3ccc(Nc4ccc(C(C)C)cc4)cc3Cl)c2cc1OC. The van der Waals surface area contributed by atoms with Gasteiger partial charge < -0.3 is 19.5 Å². The fourth-order valence-electron chi connectivity index (χ4n) is 3.43. The minimum atomic E-state index is 0.499. The van der Waals surface area contributed by atoms with Crippen LogP contribution in [0.5, 0.6) is 23.0 Å². The average molecular weight is 479 g/mol. The van der Waals surface area contributed by atoms with Crippen LogP contribution < -0.4 is 19.5 Å². The standard InChI is InChI=1S/C26H25ClN2O3.C2H6/c1-16(2)17-5-7-18(8-6-17)29-19-9-10-24(21(27)13-19)32-23-11-12-28-22-15-26(31-4)25(30-3)14-20(22)23;1-2/h5-16,29H,1-4H3;1-2H3. The molecule has 1 N–H and O–H groups in total. The Kier molecular flexibility index (Phi) is 8.61. The molecule has 6 heteroatoms. The number of anilines is 2. The van der Waals surface area contributed by atoms with Crippen LogP contribution in [0.15, 0.2) is 66.9 Å². The monoisotopic (exact) mass is 478 g/mol. The van der Waals surface area contributed by atoms with Crippen LogP contribution in [-0.4, -0.2) is 19.2 Å². The first-order valence-electron chi connectivity index (χ1n) is 11.3. The van der Waals surface area contributed by atoms with Crippen molar-refractivity contribution in [3.05, 3.63) is 77.4 Å². The number of hydrogen-bond acceptors (Lipinski definition) is 5. The Bertz CT molecular complexity index is 1240. The van der Waals surface area contributed by atoms with Crippen LogP contribution in [0.2, 0.25) is 5.02 Å². The molecule has 1 aromatic heterocycles. The highest BCUT2D eigenvalue weighted by Gasteiger charge is 2.13. The summed E-state index contributed by atoms with van der Waals surface area (Å²) in [5, 5.41) is 4.68. The fraction of sp³-hybridized carbons (Fsp3) is 0.250. The molecule has 3 aromatic carbocycles. The first-order valence-corrected chi connectivity index (χ1v) is 11.7. The molecule has 0 bridgehead atoms. The normalized spacial score (nSPS) is 10.5. The van der Waals surface area contributed by atoms with Crippen LogP contribution >= 0.6 is 11.6 Å². The van der Waals surface area contributed by atoms with Crippen LogP contribution in [0.4, 0.5) is 11.4 Å². The number of rotatable bonds is 7. The van der Waals surface area contributed by atoms with Gasteiger partial charge >= 0.3 is 0 Å². The number of halogens is 1. The first kappa shape index (κ1) is 25.2. The molecular weight excluding hydrogens is 448 g/mol. The van der Waals surface area contributed by atoms with Crippen molar-refractivity contribution in [3.8, 4) is 23.0 Å². The van der Waals surface area contributed by atoms with Crippen molar-refractivity contribution in [1.29, 1.82) is 0 Å². The molecule has 0 saturated carbocycles. The van der Waals surface area contributed by atoms with Gasteiger partial charge in [0.1, 0.15) is 11.5 Å². The van der Waals surface area contributed by atoms with Crippen molar-refractivity contribution < 1.29 is 14.2 Å². The fourth-order valence-corrected chi connectivity index (χ4v) is 3.65. The van der Waals surface area contributed by atoms with Gasteiger partial charge in [0.25, 0.3) is 0 Å². The van der Waals surface area contributed by atoms with Crippen LogP contribution in [0.25, 0.3) is 10.9 Å². The number of methoxy groups -OCH3 is 2. The van der Waals surface area contributed by atoms with Crippen molar-refractivity contribution in [3.63, 3.8) is 0 Å². The molecule has 0 unspecified atom stereocenters. The Morgan fingerprint density at radius 2 is 1.41 bits per heavy atom. The van der Waals surface area contributed by atoms with Crippen LogP contribution in [0, 0.1) is 0 Å². The van der Waals surface area contributed by atoms with Crippen molar-refractivity contribution in [2.45, 2.75) is 33.6 Å². The van der Waals surface area contributed by atoms with Gasteiger partial charge in [0, 0.05) is 29.0 Å². The zero-order valence-electron chi connectivity index (χ0n) is 20.5. The maximum atomic E-state index is 6.54. The van der Waals surface area contributed by atoms with Gasteiger partial charge in [-0.1, -0.05) is 51.4 Å². The summed E-state index contributed by atoms with van der Waals surface area (Å²) >= 11 is 6.54. The summed E-state index contributed by atoms with van der Waals surface area (Å²) in [7, 11) is 3.19. The second-order valence-corrected chi connectivity index (χ2v) is 8.09. The van der Waals surface area contributed by atoms with Gasteiger partial charge in [-0.2, -0.15) is 0 Å². The lowest BCUT2D eigenvalue weighted by atomic mass is 10.0. The molecule has 4 rings (SSSR count). The number of fused-ring (bicyclic) bond motifs is 1. The molecule has 34 heavy (non-hydrogen) atoms. The molecular formula is C28H31ClN2O3. The van der Waals surface area contributed by atoms with Gasteiger partial charge in [-0.3, -0.25) is 4.98 Å². The Hall–Kier alpha value is -3.44. The zero-order valence-corrected chi connectivity index (χ0v) is 21.2. The van der Waals surface area contributed by atoms with Crippen molar-refractivity contribution in [2.75, 3.05) is 19.5 Å². The molecule has 0 atom stereocenters. The molecule has 1 heterocycles. The highest BCUT2D eigenvalue weighted by molar-refractivity contribution is 6.32. The minimum absolute atomic E-state index is 0.499. The maximum Gasteiger partial charge on any atom is 0.162 e. The number of ether oxygens (including phenoxy) is 3. The average Bonchev–Trinajstić information content (AvgIpc) is 2.86. The van der Waals surface area contributed by atoms with E-state index >= 15 is 0 Å². The summed E-state index contributed by atoms with van der Waals surface area (Å²) in [5.74, 6) is 2.89. The molecule has 0 fully saturated rings. The third-order valence-electron chi connectivity index (χ3n) is 5.22. The van der Waals surface area contributed by atoms with E-state index in [2.05, 4.69) is 48.4 Å². The van der Waals surface area contributed by atoms with Gasteiger partial charge in [0.05, 0.1) is 24.8 Å². The molecule has 0 saturated heterocycles. The van der Waals surface area contributed by atoms with Crippen molar-refractivity contribution >= 4 is 33.9 Å². The van der Waals surface area contributed by atoms with Gasteiger partial charge in [-0.15, -0.1) is 0 Å². The molecule has 0 aliphatic rings. The second-order valence-electron chi connectivity index (χ2n) is 7.68. The second kappa shape index (κ2) is 11.6. The van der Waals surface area contributed by atoms with E-state index in [0.29, 0.717) is 33.9 Å². The van der Waals surface area contributed by atoms with Crippen LogP contribution in [0.1, 0.15) is 39.2 Å². The number of nitrogens with zero attached hydrogens (tertiary/aromatic N) is 1. The first-order chi connectivity index (χ1) is 16.5. The van der Waals surface area contributed by atoms with Gasteiger partial charge in [-0.25, -0.2) is 0 Å². The minimum Gasteiger partial charge on any atom is -0.493 e. The number of hydrogen-bond donors (Lipinski definition) is 1. The number of aromatic nitrogens is 1. The molecule has 0 aliphatic heterocycles. The Morgan fingerprint density at radius 3 is 2.03 bits per heavy atom. The largest absolute Gasteiger partial charge is 0.493 e. The number of pyridine rings is 1. The van der Waals surface area contributed by atoms with E-state index in [9.17, 15) is 0 Å². The van der Waals surface area contributed by atoms with Crippen LogP contribution in [0.3, 0.4) is 0 Å². The number of benzene rings is 3. The molecule has 4 aromatic rings. The number of nitrogens with one attached hydrogen (secondary N) is 1. The van der Waals surface area contributed by atoms with Crippen molar-refractivity contribution in [1.82, 2.24) is 4.98 Å². The molecule has 5 nitrogen and oxygen atoms in total. The van der Waals surface area contributed by atoms with E-state index in [-0.39, 0.29) is 0 Å². The zero-order chi connectivity index (χ0) is 24.7. The van der Waals surface area contributed by atoms with Crippen molar-refractivity contribution in [2.24, 2.45) is 0 Å². The van der Waals surface area contributed by atoms with Gasteiger partial charge in [0.15, 0.2) is 11.5 Å². The Labute approximate surface area is 206 Å². The van der Waals surface area contributed by atoms with E-state index < -0.39 is 0 Å². The predicted octanol–water partition coefficient (Wildman–Crippen LogP) is 8.59. The molecule has 0 spiro atoms. The summed E-state index contributed by atoms with van der Waals surface area (Å²) in [6.07, 6.45) is 1.69. The topological polar surface area (TPSA) is 52.6 Å². The lowest BCUT2D eigenvalue weighted by Crippen LogP contribution is -1.94. The lowest BCUT2D eigenvalue weighted by molar-refractivity contribution is 0.355. The van der Waals surface area contributed by atoms with E-state index in [1.807, 2.05) is 44.2 Å². The maximum absolute atomic E-state index is 6.54. The highest BCUT2D eigenvalue weighted by Crippen LogP contribution is 2.39. The summed E-state index contributed by atoms with van der Waals surface area (Å²) in [6.45, 7) is 8.36. The van der Waals surface area contributed by atoms with Gasteiger partial charge in [0.2, 0.25) is 0 Å². The summed E-state index contributed by atoms with van der Waals surface area (Å²) < 4.78 is 16.9. The summed E-state index contributed by atoms with van der Waals surface area (Å²) in [4.78, 5) is 4.41. The summed E-state index contributed by atoms with van der Waals surface area (Å²) in [5.41, 5.74) is 3.92. The third-order valence-corrected chi connectivity index (χ3v) is 5.52. The smallest absolute Gasteiger partial charge is 0.162 e. The predicted molar refractivity (Wildman–Crippen MR) is 142 cm³/mol. The third kappa shape index (κ3) is 5.72. The molecule has 178 valence electrons. The van der Waals surface area contributed by atoms with E-state index in [0.717, 1.165) is 22.3 Å². The van der Waals surface area contributed by atoms with E-state index in [4.69, 9.17) is 25.8 Å². The quantitative estimate of drug-likeness (QED) is 0.288. The van der Waals surface area contributed by atoms with Crippen LogP contribution in [-0.2, 0) is 0 Å². The lowest BCUT2D eigenvalue weighted by Gasteiger charge is -2.14. The molecule has 0 amide bonds. The molecule has 0 aliphatic carbocycles. The summed E-state index contributed by atoms with van der Waals surface area (Å²) in [6, 6.07) is 19.5. The van der Waals surface area contributed by atoms with E-state index in [1.54, 1.807) is 26.5 Å². The Morgan fingerprint density at radius 1 is 0.765 bits per heavy atom. The Balaban J connectivity index is 0.00000158. The van der Waals surface area contributed by atoms with E-state index in [1.165, 1.54) is 5.56 Å². The highest BCUT2D eigenvalue weighted by atomic mass is 35.5. The van der Waals surface area contributed by atoms with Gasteiger partial charge in [-0.05, 0) is 53.9 Å².